The van der Waals surface area contributed by atoms with Crippen LogP contribution in [0.25, 0.3) is 0 Å². The molecule has 21 heavy (non-hydrogen) atoms. The Hall–Kier alpha value is -1.92. The van der Waals surface area contributed by atoms with Gasteiger partial charge in [0.05, 0.1) is 4.90 Å². The molecule has 0 saturated heterocycles. The molecule has 0 bridgehead atoms. The third-order valence-electron chi connectivity index (χ3n) is 3.06. The number of primary sulfonamides is 1. The van der Waals surface area contributed by atoms with Gasteiger partial charge in [-0.3, -0.25) is 0 Å². The average Bonchev–Trinajstić information content (AvgIpc) is 2.41. The second kappa shape index (κ2) is 6.24. The Morgan fingerprint density at radius 2 is 1.90 bits per heavy atom. The van der Waals surface area contributed by atoms with Gasteiger partial charge in [-0.15, -0.1) is 0 Å². The molecule has 0 saturated carbocycles. The lowest BCUT2D eigenvalue weighted by Crippen LogP contribution is -2.19. The van der Waals surface area contributed by atoms with Crippen molar-refractivity contribution in [2.75, 3.05) is 5.32 Å². The molecule has 2 aromatic rings. The van der Waals surface area contributed by atoms with Crippen molar-refractivity contribution in [2.45, 2.75) is 24.3 Å². The van der Waals surface area contributed by atoms with Crippen LogP contribution in [-0.4, -0.2) is 14.5 Å². The molecule has 0 heterocycles. The van der Waals surface area contributed by atoms with Crippen LogP contribution >= 0.6 is 0 Å². The molecule has 0 aromatic heterocycles. The van der Waals surface area contributed by atoms with Crippen molar-refractivity contribution < 1.29 is 12.8 Å². The van der Waals surface area contributed by atoms with Crippen LogP contribution in [0.1, 0.15) is 12.5 Å². The summed E-state index contributed by atoms with van der Waals surface area (Å²) < 4.78 is 36.2. The fourth-order valence-electron chi connectivity index (χ4n) is 2.09. The number of anilines is 1. The summed E-state index contributed by atoms with van der Waals surface area (Å²) in [5, 5.41) is 8.24. The minimum atomic E-state index is -3.73. The van der Waals surface area contributed by atoms with Gasteiger partial charge in [0.2, 0.25) is 10.0 Å². The summed E-state index contributed by atoms with van der Waals surface area (Å²) in [5.74, 6) is -0.246. The zero-order chi connectivity index (χ0) is 15.5. The first-order chi connectivity index (χ1) is 9.86. The minimum Gasteiger partial charge on any atom is -0.382 e. The van der Waals surface area contributed by atoms with Crippen molar-refractivity contribution in [3.8, 4) is 0 Å². The van der Waals surface area contributed by atoms with E-state index in [4.69, 9.17) is 5.14 Å². The van der Waals surface area contributed by atoms with Crippen LogP contribution < -0.4 is 10.5 Å². The first kappa shape index (κ1) is 15.5. The molecular weight excluding hydrogens is 291 g/mol. The Morgan fingerprint density at radius 1 is 1.19 bits per heavy atom. The molecular formula is C15H17FN2O2S. The molecule has 112 valence electrons. The van der Waals surface area contributed by atoms with Crippen LogP contribution in [0.15, 0.2) is 53.4 Å². The van der Waals surface area contributed by atoms with E-state index in [0.717, 1.165) is 0 Å². The number of nitrogens with two attached hydrogens (primary N) is 1. The van der Waals surface area contributed by atoms with Crippen LogP contribution in [-0.2, 0) is 16.4 Å². The van der Waals surface area contributed by atoms with E-state index in [0.29, 0.717) is 17.7 Å². The van der Waals surface area contributed by atoms with Crippen LogP contribution in [0.3, 0.4) is 0 Å². The number of hydrogen-bond acceptors (Lipinski definition) is 3. The molecule has 2 aromatic carbocycles. The smallest absolute Gasteiger partial charge is 0.238 e. The van der Waals surface area contributed by atoms with Gasteiger partial charge in [-0.1, -0.05) is 24.3 Å². The number of rotatable bonds is 5. The standard InChI is InChI=1S/C15H17FN2O2S/c1-11(9-12-5-2-3-8-15(12)16)18-13-6-4-7-14(10-13)21(17,19)20/h2-8,10-11,18H,9H2,1H3,(H2,17,19,20). The number of halogens is 1. The third kappa shape index (κ3) is 4.27. The van der Waals surface area contributed by atoms with E-state index < -0.39 is 10.0 Å². The van der Waals surface area contributed by atoms with Gasteiger partial charge in [0.25, 0.3) is 0 Å². The highest BCUT2D eigenvalue weighted by atomic mass is 32.2. The molecule has 0 aliphatic carbocycles. The maximum absolute atomic E-state index is 13.6. The van der Waals surface area contributed by atoms with Crippen molar-refractivity contribution >= 4 is 15.7 Å². The van der Waals surface area contributed by atoms with E-state index in [-0.39, 0.29) is 16.8 Å². The Balaban J connectivity index is 2.10. The predicted molar refractivity (Wildman–Crippen MR) is 81.0 cm³/mol. The van der Waals surface area contributed by atoms with Gasteiger partial charge >= 0.3 is 0 Å². The molecule has 0 spiro atoms. The van der Waals surface area contributed by atoms with Gasteiger partial charge in [-0.05, 0) is 43.2 Å². The van der Waals surface area contributed by atoms with E-state index >= 15 is 0 Å². The highest BCUT2D eigenvalue weighted by Crippen LogP contribution is 2.17. The van der Waals surface area contributed by atoms with E-state index in [2.05, 4.69) is 5.32 Å². The Labute approximate surface area is 123 Å². The summed E-state index contributed by atoms with van der Waals surface area (Å²) in [6, 6.07) is 12.8. The Kier molecular flexibility index (Phi) is 4.59. The summed E-state index contributed by atoms with van der Waals surface area (Å²) in [6.45, 7) is 1.90. The fourth-order valence-corrected chi connectivity index (χ4v) is 2.65. The van der Waals surface area contributed by atoms with Crippen molar-refractivity contribution in [1.29, 1.82) is 0 Å². The number of hydrogen-bond donors (Lipinski definition) is 2. The van der Waals surface area contributed by atoms with Crippen molar-refractivity contribution in [3.63, 3.8) is 0 Å². The second-order valence-electron chi connectivity index (χ2n) is 4.91. The Bertz CT molecular complexity index is 732. The summed E-state index contributed by atoms with van der Waals surface area (Å²) >= 11 is 0. The lowest BCUT2D eigenvalue weighted by atomic mass is 10.1. The summed E-state index contributed by atoms with van der Waals surface area (Å²) in [5.41, 5.74) is 1.24. The van der Waals surface area contributed by atoms with Crippen molar-refractivity contribution in [2.24, 2.45) is 5.14 Å². The molecule has 0 fully saturated rings. The van der Waals surface area contributed by atoms with Crippen molar-refractivity contribution in [1.82, 2.24) is 0 Å². The molecule has 0 aliphatic rings. The molecule has 3 N–H and O–H groups in total. The summed E-state index contributed by atoms with van der Waals surface area (Å²) in [7, 11) is -3.73. The first-order valence-corrected chi connectivity index (χ1v) is 8.04. The van der Waals surface area contributed by atoms with Gasteiger partial charge in [0, 0.05) is 11.7 Å². The van der Waals surface area contributed by atoms with Crippen LogP contribution in [0, 0.1) is 5.82 Å². The van der Waals surface area contributed by atoms with E-state index in [1.54, 1.807) is 30.3 Å². The molecule has 0 aliphatic heterocycles. The van der Waals surface area contributed by atoms with Crippen LogP contribution in [0.2, 0.25) is 0 Å². The molecule has 0 amide bonds. The zero-order valence-corrected chi connectivity index (χ0v) is 12.4. The SMILES string of the molecule is CC(Cc1ccccc1F)Nc1cccc(S(N)(=O)=O)c1. The number of nitrogens with one attached hydrogen (secondary N) is 1. The van der Waals surface area contributed by atoms with Crippen LogP contribution in [0.5, 0.6) is 0 Å². The number of benzene rings is 2. The monoisotopic (exact) mass is 308 g/mol. The molecule has 2 rings (SSSR count). The highest BCUT2D eigenvalue weighted by Gasteiger charge is 2.10. The lowest BCUT2D eigenvalue weighted by molar-refractivity contribution is 0.598. The van der Waals surface area contributed by atoms with Gasteiger partial charge in [0.15, 0.2) is 0 Å². The van der Waals surface area contributed by atoms with E-state index in [1.165, 1.54) is 18.2 Å². The predicted octanol–water partition coefficient (Wildman–Crippen LogP) is 2.52. The summed E-state index contributed by atoms with van der Waals surface area (Å²) in [6.07, 6.45) is 0.492. The molecule has 4 nitrogen and oxygen atoms in total. The van der Waals surface area contributed by atoms with E-state index in [1.807, 2.05) is 6.92 Å². The zero-order valence-electron chi connectivity index (χ0n) is 11.6. The van der Waals surface area contributed by atoms with Gasteiger partial charge in [-0.25, -0.2) is 17.9 Å². The quantitative estimate of drug-likeness (QED) is 0.891. The highest BCUT2D eigenvalue weighted by molar-refractivity contribution is 7.89. The van der Waals surface area contributed by atoms with Gasteiger partial charge in [-0.2, -0.15) is 0 Å². The Morgan fingerprint density at radius 3 is 2.57 bits per heavy atom. The first-order valence-electron chi connectivity index (χ1n) is 6.49. The van der Waals surface area contributed by atoms with Crippen LogP contribution in [0.4, 0.5) is 10.1 Å². The molecule has 1 atom stereocenters. The number of sulfonamides is 1. The average molecular weight is 308 g/mol. The molecule has 1 unspecified atom stereocenters. The maximum atomic E-state index is 13.6. The van der Waals surface area contributed by atoms with Gasteiger partial charge in [0.1, 0.15) is 5.82 Å². The largest absolute Gasteiger partial charge is 0.382 e. The van der Waals surface area contributed by atoms with Crippen molar-refractivity contribution in [3.05, 3.63) is 59.9 Å². The lowest BCUT2D eigenvalue weighted by Gasteiger charge is -2.16. The third-order valence-corrected chi connectivity index (χ3v) is 3.97. The normalized spacial score (nSPS) is 12.9. The topological polar surface area (TPSA) is 72.2 Å². The minimum absolute atomic E-state index is 0.0468. The second-order valence-corrected chi connectivity index (χ2v) is 6.48. The van der Waals surface area contributed by atoms with Gasteiger partial charge < -0.3 is 5.32 Å². The molecule has 6 heteroatoms. The summed E-state index contributed by atoms with van der Waals surface area (Å²) in [4.78, 5) is 0.0468. The molecule has 0 radical (unpaired) electrons. The fraction of sp³-hybridized carbons (Fsp3) is 0.200. The maximum Gasteiger partial charge on any atom is 0.238 e. The van der Waals surface area contributed by atoms with E-state index in [9.17, 15) is 12.8 Å².